The highest BCUT2D eigenvalue weighted by Crippen LogP contribution is 2.50. The van der Waals surface area contributed by atoms with Crippen molar-refractivity contribution in [3.63, 3.8) is 0 Å². The van der Waals surface area contributed by atoms with Gasteiger partial charge in [-0.05, 0) is 37.5 Å². The monoisotopic (exact) mass is 251 g/mol. The van der Waals surface area contributed by atoms with E-state index in [9.17, 15) is 9.59 Å². The Labute approximate surface area is 107 Å². The molecule has 0 aromatic carbocycles. The van der Waals surface area contributed by atoms with Crippen molar-refractivity contribution in [2.75, 3.05) is 13.2 Å². The van der Waals surface area contributed by atoms with Crippen LogP contribution in [-0.4, -0.2) is 35.0 Å². The molecule has 3 fully saturated rings. The number of rotatable bonds is 4. The molecule has 1 N–H and O–H groups in total. The molecule has 2 unspecified atom stereocenters. The van der Waals surface area contributed by atoms with Crippen LogP contribution in [0.1, 0.15) is 44.9 Å². The molecular weight excluding hydrogens is 230 g/mol. The van der Waals surface area contributed by atoms with Crippen LogP contribution in [0.15, 0.2) is 0 Å². The van der Waals surface area contributed by atoms with E-state index in [1.54, 1.807) is 0 Å². The summed E-state index contributed by atoms with van der Waals surface area (Å²) < 4.78 is 0. The molecule has 2 saturated carbocycles. The fourth-order valence-electron chi connectivity index (χ4n) is 3.62. The molecular formula is C14H21NO3. The summed E-state index contributed by atoms with van der Waals surface area (Å²) in [6, 6.07) is 0. The summed E-state index contributed by atoms with van der Waals surface area (Å²) in [7, 11) is 0. The highest BCUT2D eigenvalue weighted by Gasteiger charge is 2.52. The van der Waals surface area contributed by atoms with E-state index in [0.717, 1.165) is 44.9 Å². The van der Waals surface area contributed by atoms with Crippen LogP contribution in [0.25, 0.3) is 0 Å². The number of carbonyl (C=O) groups excluding carboxylic acids is 2. The Hall–Kier alpha value is -0.900. The highest BCUT2D eigenvalue weighted by molar-refractivity contribution is 6.05. The van der Waals surface area contributed by atoms with E-state index in [4.69, 9.17) is 5.11 Å². The number of nitrogens with zero attached hydrogens (tertiary/aromatic N) is 1. The number of hydrogen-bond acceptors (Lipinski definition) is 3. The van der Waals surface area contributed by atoms with Crippen LogP contribution >= 0.6 is 0 Å². The maximum Gasteiger partial charge on any atom is 0.233 e. The van der Waals surface area contributed by atoms with E-state index in [0.29, 0.717) is 6.54 Å². The van der Waals surface area contributed by atoms with Gasteiger partial charge in [0.1, 0.15) is 0 Å². The van der Waals surface area contributed by atoms with E-state index >= 15 is 0 Å². The van der Waals surface area contributed by atoms with Crippen LogP contribution in [0.4, 0.5) is 0 Å². The van der Waals surface area contributed by atoms with Gasteiger partial charge in [0.15, 0.2) is 0 Å². The lowest BCUT2D eigenvalue weighted by atomic mass is 9.81. The van der Waals surface area contributed by atoms with Crippen LogP contribution in [0, 0.1) is 17.3 Å². The average molecular weight is 251 g/mol. The Balaban J connectivity index is 1.72. The molecule has 1 heterocycles. The van der Waals surface area contributed by atoms with Crippen LogP contribution in [0.5, 0.6) is 0 Å². The minimum atomic E-state index is -0.0313. The number of amides is 2. The molecule has 2 amide bonds. The summed E-state index contributed by atoms with van der Waals surface area (Å²) in [6.45, 7) is 0.710. The number of hydrogen-bond donors (Lipinski definition) is 1. The van der Waals surface area contributed by atoms with E-state index < -0.39 is 0 Å². The Morgan fingerprint density at radius 1 is 1.11 bits per heavy atom. The molecule has 2 aliphatic carbocycles. The summed E-state index contributed by atoms with van der Waals surface area (Å²) in [5.41, 5.74) is 0.0492. The third kappa shape index (κ3) is 1.87. The van der Waals surface area contributed by atoms with Gasteiger partial charge in [0.25, 0.3) is 0 Å². The number of imide groups is 1. The third-order valence-electron chi connectivity index (χ3n) is 5.03. The predicted molar refractivity (Wildman–Crippen MR) is 65.5 cm³/mol. The maximum absolute atomic E-state index is 12.3. The lowest BCUT2D eigenvalue weighted by Gasteiger charge is -2.21. The topological polar surface area (TPSA) is 57.6 Å². The zero-order valence-corrected chi connectivity index (χ0v) is 10.7. The fraction of sp³-hybridized carbons (Fsp3) is 0.857. The van der Waals surface area contributed by atoms with Gasteiger partial charge in [0.2, 0.25) is 11.8 Å². The largest absolute Gasteiger partial charge is 0.396 e. The van der Waals surface area contributed by atoms with Crippen molar-refractivity contribution >= 4 is 11.8 Å². The van der Waals surface area contributed by atoms with Gasteiger partial charge in [-0.25, -0.2) is 0 Å². The first-order chi connectivity index (χ1) is 8.67. The van der Waals surface area contributed by atoms with Crippen LogP contribution in [-0.2, 0) is 9.59 Å². The van der Waals surface area contributed by atoms with Crippen molar-refractivity contribution < 1.29 is 14.7 Å². The number of aliphatic hydroxyl groups is 1. The van der Waals surface area contributed by atoms with Crippen molar-refractivity contribution in [3.8, 4) is 0 Å². The van der Waals surface area contributed by atoms with Gasteiger partial charge in [0.05, 0.1) is 11.8 Å². The SMILES string of the molecule is O=C1C2CCCCC2C(=O)N1CC1(CCO)CC1. The van der Waals surface area contributed by atoms with E-state index in [1.807, 2.05) is 0 Å². The van der Waals surface area contributed by atoms with Crippen LogP contribution < -0.4 is 0 Å². The van der Waals surface area contributed by atoms with Gasteiger partial charge in [-0.2, -0.15) is 0 Å². The normalized spacial score (nSPS) is 33.7. The molecule has 2 atom stereocenters. The molecule has 18 heavy (non-hydrogen) atoms. The van der Waals surface area contributed by atoms with Gasteiger partial charge < -0.3 is 5.11 Å². The lowest BCUT2D eigenvalue weighted by Crippen LogP contribution is -2.36. The first-order valence-electron chi connectivity index (χ1n) is 7.13. The Kier molecular flexibility index (Phi) is 2.93. The number of carbonyl (C=O) groups is 2. The maximum atomic E-state index is 12.3. The van der Waals surface area contributed by atoms with Gasteiger partial charge in [-0.15, -0.1) is 0 Å². The molecule has 0 bridgehead atoms. The molecule has 3 aliphatic rings. The molecule has 4 heteroatoms. The Morgan fingerprint density at radius 3 is 2.11 bits per heavy atom. The van der Waals surface area contributed by atoms with Crippen molar-refractivity contribution in [3.05, 3.63) is 0 Å². The molecule has 4 nitrogen and oxygen atoms in total. The van der Waals surface area contributed by atoms with Gasteiger partial charge in [0, 0.05) is 13.2 Å². The van der Waals surface area contributed by atoms with Crippen LogP contribution in [0.3, 0.4) is 0 Å². The summed E-state index contributed by atoms with van der Waals surface area (Å²) in [4.78, 5) is 26.1. The smallest absolute Gasteiger partial charge is 0.233 e. The molecule has 0 radical (unpaired) electrons. The minimum Gasteiger partial charge on any atom is -0.396 e. The van der Waals surface area contributed by atoms with Crippen molar-refractivity contribution in [2.45, 2.75) is 44.9 Å². The molecule has 1 aliphatic heterocycles. The van der Waals surface area contributed by atoms with E-state index in [-0.39, 0.29) is 35.7 Å². The van der Waals surface area contributed by atoms with Crippen molar-refractivity contribution in [1.29, 1.82) is 0 Å². The van der Waals surface area contributed by atoms with Gasteiger partial charge in [-0.1, -0.05) is 12.8 Å². The van der Waals surface area contributed by atoms with Gasteiger partial charge in [-0.3, -0.25) is 14.5 Å². The summed E-state index contributed by atoms with van der Waals surface area (Å²) in [6.07, 6.45) is 6.74. The molecule has 100 valence electrons. The lowest BCUT2D eigenvalue weighted by molar-refractivity contribution is -0.141. The summed E-state index contributed by atoms with van der Waals surface area (Å²) >= 11 is 0. The fourth-order valence-corrected chi connectivity index (χ4v) is 3.62. The molecule has 1 saturated heterocycles. The van der Waals surface area contributed by atoms with E-state index in [1.165, 1.54) is 4.90 Å². The standard InChI is InChI=1S/C14H21NO3/c16-8-7-14(5-6-14)9-15-12(17)10-3-1-2-4-11(10)13(15)18/h10-11,16H,1-9H2. The summed E-state index contributed by atoms with van der Waals surface area (Å²) in [5.74, 6) is 0.0650. The van der Waals surface area contributed by atoms with Crippen molar-refractivity contribution in [1.82, 2.24) is 4.90 Å². The average Bonchev–Trinajstić information content (AvgIpc) is 3.10. The summed E-state index contributed by atoms with van der Waals surface area (Å²) in [5, 5.41) is 9.07. The highest BCUT2D eigenvalue weighted by atomic mass is 16.3. The molecule has 0 spiro atoms. The second-order valence-corrected chi connectivity index (χ2v) is 6.23. The molecule has 0 aromatic heterocycles. The Bertz CT molecular complexity index is 351. The molecule has 3 rings (SSSR count). The number of aliphatic hydroxyl groups excluding tert-OH is 1. The second kappa shape index (κ2) is 4.34. The Morgan fingerprint density at radius 2 is 1.67 bits per heavy atom. The zero-order valence-electron chi connectivity index (χ0n) is 10.7. The quantitative estimate of drug-likeness (QED) is 0.767. The van der Waals surface area contributed by atoms with E-state index in [2.05, 4.69) is 0 Å². The minimum absolute atomic E-state index is 0.0313. The third-order valence-corrected chi connectivity index (χ3v) is 5.03. The second-order valence-electron chi connectivity index (χ2n) is 6.23. The van der Waals surface area contributed by atoms with Gasteiger partial charge >= 0.3 is 0 Å². The van der Waals surface area contributed by atoms with Crippen molar-refractivity contribution in [2.24, 2.45) is 17.3 Å². The number of fused-ring (bicyclic) bond motifs is 1. The first kappa shape index (κ1) is 12.2. The zero-order chi connectivity index (χ0) is 12.8. The predicted octanol–water partition coefficient (Wildman–Crippen LogP) is 1.32. The number of likely N-dealkylation sites (tertiary alicyclic amines) is 1. The van der Waals surface area contributed by atoms with Crippen LogP contribution in [0.2, 0.25) is 0 Å². The first-order valence-corrected chi connectivity index (χ1v) is 7.13. The molecule has 0 aromatic rings.